The van der Waals surface area contributed by atoms with Crippen molar-refractivity contribution in [2.24, 2.45) is 0 Å². The van der Waals surface area contributed by atoms with Crippen molar-refractivity contribution in [1.82, 2.24) is 14.5 Å². The number of hydrogen-bond acceptors (Lipinski definition) is 4. The summed E-state index contributed by atoms with van der Waals surface area (Å²) in [7, 11) is -1.86. The predicted molar refractivity (Wildman–Crippen MR) is 64.3 cm³/mol. The highest BCUT2D eigenvalue weighted by Crippen LogP contribution is 2.10. The molecule has 0 aliphatic heterocycles. The Bertz CT molecular complexity index is 439. The van der Waals surface area contributed by atoms with Crippen molar-refractivity contribution in [1.29, 1.82) is 0 Å². The van der Waals surface area contributed by atoms with E-state index in [1.807, 2.05) is 13.8 Å². The molecule has 0 radical (unpaired) electrons. The number of ether oxygens (including phenoxy) is 1. The molecule has 17 heavy (non-hydrogen) atoms. The molecular weight excluding hydrogens is 242 g/mol. The van der Waals surface area contributed by atoms with Gasteiger partial charge < -0.3 is 4.74 Å². The second-order valence-electron chi connectivity index (χ2n) is 3.99. The minimum atomic E-state index is -3.44. The number of methoxy groups -OCH3 is 1. The van der Waals surface area contributed by atoms with Crippen LogP contribution in [0.25, 0.3) is 0 Å². The number of aromatic nitrogens is 2. The van der Waals surface area contributed by atoms with Crippen molar-refractivity contribution >= 4 is 10.0 Å². The van der Waals surface area contributed by atoms with Crippen LogP contribution in [0.2, 0.25) is 0 Å². The van der Waals surface area contributed by atoms with Crippen LogP contribution in [0.3, 0.4) is 0 Å². The highest BCUT2D eigenvalue weighted by atomic mass is 32.2. The Hall–Kier alpha value is -0.920. The normalized spacial score (nSPS) is 12.2. The number of sulfonamides is 1. The molecule has 98 valence electrons. The van der Waals surface area contributed by atoms with E-state index in [4.69, 9.17) is 4.74 Å². The first-order valence-electron chi connectivity index (χ1n) is 5.50. The minimum absolute atomic E-state index is 0.146. The van der Waals surface area contributed by atoms with E-state index >= 15 is 0 Å². The van der Waals surface area contributed by atoms with Gasteiger partial charge in [-0.05, 0) is 20.3 Å². The van der Waals surface area contributed by atoms with Crippen molar-refractivity contribution in [3.63, 3.8) is 0 Å². The number of rotatable bonds is 7. The lowest BCUT2D eigenvalue weighted by Crippen LogP contribution is -2.25. The lowest BCUT2D eigenvalue weighted by molar-refractivity contribution is 0.196. The molecule has 0 atom stereocenters. The van der Waals surface area contributed by atoms with E-state index in [-0.39, 0.29) is 10.9 Å². The van der Waals surface area contributed by atoms with Crippen molar-refractivity contribution in [3.05, 3.63) is 12.4 Å². The van der Waals surface area contributed by atoms with Crippen LogP contribution in [0.1, 0.15) is 26.3 Å². The summed E-state index contributed by atoms with van der Waals surface area (Å²) < 4.78 is 32.6. The molecule has 7 heteroatoms. The molecule has 0 aliphatic rings. The Kier molecular flexibility index (Phi) is 5.10. The summed E-state index contributed by atoms with van der Waals surface area (Å²) in [5, 5.41) is 4.00. The van der Waals surface area contributed by atoms with E-state index in [9.17, 15) is 8.42 Å². The van der Waals surface area contributed by atoms with Crippen LogP contribution in [0.4, 0.5) is 0 Å². The van der Waals surface area contributed by atoms with Crippen LogP contribution in [0.5, 0.6) is 0 Å². The highest BCUT2D eigenvalue weighted by molar-refractivity contribution is 7.89. The van der Waals surface area contributed by atoms with E-state index in [0.717, 1.165) is 0 Å². The van der Waals surface area contributed by atoms with Gasteiger partial charge in [0.05, 0.1) is 6.20 Å². The summed E-state index contributed by atoms with van der Waals surface area (Å²) in [5.74, 6) is 0. The first-order valence-corrected chi connectivity index (χ1v) is 6.98. The average molecular weight is 261 g/mol. The van der Waals surface area contributed by atoms with Crippen LogP contribution in [-0.2, 0) is 14.8 Å². The van der Waals surface area contributed by atoms with Gasteiger partial charge in [-0.3, -0.25) is 4.68 Å². The third kappa shape index (κ3) is 4.10. The fourth-order valence-electron chi connectivity index (χ4n) is 1.25. The molecule has 0 unspecified atom stereocenters. The second-order valence-corrected chi connectivity index (χ2v) is 5.76. The first-order chi connectivity index (χ1) is 7.97. The Morgan fingerprint density at radius 1 is 1.53 bits per heavy atom. The molecule has 6 nitrogen and oxygen atoms in total. The second kappa shape index (κ2) is 6.13. The molecule has 1 heterocycles. The molecule has 1 rings (SSSR count). The van der Waals surface area contributed by atoms with E-state index in [0.29, 0.717) is 19.6 Å². The molecule has 0 saturated carbocycles. The van der Waals surface area contributed by atoms with E-state index in [1.165, 1.54) is 12.4 Å². The zero-order valence-corrected chi connectivity index (χ0v) is 11.2. The number of nitrogens with one attached hydrogen (secondary N) is 1. The van der Waals surface area contributed by atoms with Crippen LogP contribution in [0.15, 0.2) is 17.3 Å². The largest absolute Gasteiger partial charge is 0.385 e. The van der Waals surface area contributed by atoms with Gasteiger partial charge in [-0.1, -0.05) is 0 Å². The van der Waals surface area contributed by atoms with Gasteiger partial charge in [0.15, 0.2) is 0 Å². The van der Waals surface area contributed by atoms with Crippen LogP contribution < -0.4 is 4.72 Å². The zero-order valence-electron chi connectivity index (χ0n) is 10.4. The standard InChI is InChI=1S/C10H19N3O3S/c1-9(2)13-8-10(7-11-13)17(14,15)12-5-4-6-16-3/h7-9,12H,4-6H2,1-3H3. The van der Waals surface area contributed by atoms with Gasteiger partial charge in [0.25, 0.3) is 0 Å². The van der Waals surface area contributed by atoms with Crippen molar-refractivity contribution < 1.29 is 13.2 Å². The SMILES string of the molecule is COCCCNS(=O)(=O)c1cnn(C(C)C)c1. The van der Waals surface area contributed by atoms with Crippen LogP contribution >= 0.6 is 0 Å². The Morgan fingerprint density at radius 2 is 2.24 bits per heavy atom. The fourth-order valence-corrected chi connectivity index (χ4v) is 2.26. The van der Waals surface area contributed by atoms with Gasteiger partial charge in [0.1, 0.15) is 4.90 Å². The third-order valence-corrected chi connectivity index (χ3v) is 3.65. The number of nitrogens with zero attached hydrogens (tertiary/aromatic N) is 2. The van der Waals surface area contributed by atoms with Crippen molar-refractivity contribution in [3.8, 4) is 0 Å². The quantitative estimate of drug-likeness (QED) is 0.736. The van der Waals surface area contributed by atoms with E-state index < -0.39 is 10.0 Å². The summed E-state index contributed by atoms with van der Waals surface area (Å²) in [4.78, 5) is 0.198. The maximum absolute atomic E-state index is 11.8. The van der Waals surface area contributed by atoms with Gasteiger partial charge in [0.2, 0.25) is 10.0 Å². The lowest BCUT2D eigenvalue weighted by Gasteiger charge is -2.05. The molecule has 1 aromatic rings. The fraction of sp³-hybridized carbons (Fsp3) is 0.700. The maximum Gasteiger partial charge on any atom is 0.243 e. The topological polar surface area (TPSA) is 73.2 Å². The van der Waals surface area contributed by atoms with E-state index in [1.54, 1.807) is 11.8 Å². The summed E-state index contributed by atoms with van der Waals surface area (Å²) >= 11 is 0. The van der Waals surface area contributed by atoms with Gasteiger partial charge in [-0.25, -0.2) is 13.1 Å². The average Bonchev–Trinajstić information content (AvgIpc) is 2.74. The lowest BCUT2D eigenvalue weighted by atomic mass is 10.4. The summed E-state index contributed by atoms with van der Waals surface area (Å²) in [6.07, 6.45) is 3.54. The molecule has 0 aliphatic carbocycles. The van der Waals surface area contributed by atoms with E-state index in [2.05, 4.69) is 9.82 Å². The Balaban J connectivity index is 2.62. The third-order valence-electron chi connectivity index (χ3n) is 2.23. The highest BCUT2D eigenvalue weighted by Gasteiger charge is 2.16. The Labute approximate surface area is 102 Å². The predicted octanol–water partition coefficient (Wildman–Crippen LogP) is 0.779. The number of hydrogen-bond donors (Lipinski definition) is 1. The van der Waals surface area contributed by atoms with Gasteiger partial charge in [0, 0.05) is 32.5 Å². The van der Waals surface area contributed by atoms with Gasteiger partial charge in [-0.2, -0.15) is 5.10 Å². The molecule has 1 aromatic heterocycles. The molecule has 1 N–H and O–H groups in total. The van der Waals surface area contributed by atoms with Gasteiger partial charge in [-0.15, -0.1) is 0 Å². The van der Waals surface area contributed by atoms with Crippen LogP contribution in [-0.4, -0.2) is 38.5 Å². The summed E-state index contributed by atoms with van der Waals surface area (Å²) in [5.41, 5.74) is 0. The van der Waals surface area contributed by atoms with Crippen molar-refractivity contribution in [2.45, 2.75) is 31.2 Å². The van der Waals surface area contributed by atoms with Crippen LogP contribution in [0, 0.1) is 0 Å². The Morgan fingerprint density at radius 3 is 2.76 bits per heavy atom. The molecule has 0 aromatic carbocycles. The maximum atomic E-state index is 11.8. The molecule has 0 fully saturated rings. The molecule has 0 amide bonds. The summed E-state index contributed by atoms with van der Waals surface area (Å²) in [6, 6.07) is 0.146. The molecule has 0 saturated heterocycles. The summed E-state index contributed by atoms with van der Waals surface area (Å²) in [6.45, 7) is 4.78. The molecular formula is C10H19N3O3S. The first kappa shape index (κ1) is 14.1. The van der Waals surface area contributed by atoms with Crippen molar-refractivity contribution in [2.75, 3.05) is 20.3 Å². The minimum Gasteiger partial charge on any atom is -0.385 e. The monoisotopic (exact) mass is 261 g/mol. The molecule has 0 spiro atoms. The zero-order chi connectivity index (χ0) is 12.9. The smallest absolute Gasteiger partial charge is 0.243 e. The molecule has 0 bridgehead atoms. The van der Waals surface area contributed by atoms with Gasteiger partial charge >= 0.3 is 0 Å².